The normalized spacial score (nSPS) is 11.5. The molecule has 7 nitrogen and oxygen atoms in total. The maximum Gasteiger partial charge on any atom is 0.251 e. The lowest BCUT2D eigenvalue weighted by Crippen LogP contribution is -2.26. The van der Waals surface area contributed by atoms with Gasteiger partial charge in [0.15, 0.2) is 0 Å². The van der Waals surface area contributed by atoms with Crippen LogP contribution in [0.1, 0.15) is 16.1 Å². The molecule has 0 aliphatic rings. The molecule has 28 heavy (non-hydrogen) atoms. The average molecular weight is 417 g/mol. The van der Waals surface area contributed by atoms with Gasteiger partial charge in [-0.05, 0) is 36.4 Å². The van der Waals surface area contributed by atoms with Crippen molar-refractivity contribution >= 4 is 27.3 Å². The number of carbonyl (C=O) groups excluding carboxylic acids is 1. The molecule has 2 aromatic heterocycles. The minimum Gasteiger partial charge on any atom is -0.352 e. The number of aromatic nitrogens is 2. The zero-order valence-corrected chi connectivity index (χ0v) is 17.1. The Bertz CT molecular complexity index is 1050. The van der Waals surface area contributed by atoms with E-state index < -0.39 is 10.0 Å². The molecule has 0 atom stereocenters. The average Bonchev–Trinajstić information content (AvgIpc) is 3.17. The minimum atomic E-state index is -3.50. The van der Waals surface area contributed by atoms with Crippen molar-refractivity contribution in [2.24, 2.45) is 0 Å². The summed E-state index contributed by atoms with van der Waals surface area (Å²) in [7, 11) is -0.570. The van der Waals surface area contributed by atoms with E-state index in [-0.39, 0.29) is 10.8 Å². The second-order valence-electron chi connectivity index (χ2n) is 6.20. The van der Waals surface area contributed by atoms with Crippen LogP contribution in [0, 0.1) is 0 Å². The number of thiazole rings is 1. The summed E-state index contributed by atoms with van der Waals surface area (Å²) in [6, 6.07) is 9.71. The van der Waals surface area contributed by atoms with Gasteiger partial charge in [-0.25, -0.2) is 17.7 Å². The first-order chi connectivity index (χ1) is 13.4. The van der Waals surface area contributed by atoms with E-state index in [1.165, 1.54) is 49.7 Å². The van der Waals surface area contributed by atoms with Gasteiger partial charge in [-0.3, -0.25) is 9.78 Å². The first-order valence-electron chi connectivity index (χ1n) is 8.53. The zero-order valence-electron chi connectivity index (χ0n) is 15.5. The molecule has 3 rings (SSSR count). The SMILES string of the molecule is CN(C)S(=O)(=O)c1ccc(C(=O)NCCc2csc(-c3cccnc3)n2)cc1. The molecule has 1 N–H and O–H groups in total. The Morgan fingerprint density at radius 2 is 1.93 bits per heavy atom. The van der Waals surface area contributed by atoms with Crippen molar-refractivity contribution in [1.82, 2.24) is 19.6 Å². The van der Waals surface area contributed by atoms with Crippen molar-refractivity contribution in [3.05, 3.63) is 65.4 Å². The van der Waals surface area contributed by atoms with Gasteiger partial charge in [0.2, 0.25) is 10.0 Å². The molecule has 1 aromatic carbocycles. The Balaban J connectivity index is 1.56. The lowest BCUT2D eigenvalue weighted by atomic mass is 10.2. The highest BCUT2D eigenvalue weighted by atomic mass is 32.2. The fourth-order valence-electron chi connectivity index (χ4n) is 2.44. The molecule has 146 valence electrons. The summed E-state index contributed by atoms with van der Waals surface area (Å²) in [4.78, 5) is 21.1. The van der Waals surface area contributed by atoms with E-state index in [2.05, 4.69) is 15.3 Å². The van der Waals surface area contributed by atoms with E-state index in [1.54, 1.807) is 12.4 Å². The van der Waals surface area contributed by atoms with Crippen LogP contribution in [0.15, 0.2) is 59.1 Å². The number of rotatable bonds is 7. The van der Waals surface area contributed by atoms with Crippen LogP contribution in [0.5, 0.6) is 0 Å². The molecule has 0 aliphatic heterocycles. The highest BCUT2D eigenvalue weighted by Crippen LogP contribution is 2.22. The van der Waals surface area contributed by atoms with Gasteiger partial charge in [-0.15, -0.1) is 11.3 Å². The lowest BCUT2D eigenvalue weighted by molar-refractivity contribution is 0.0954. The van der Waals surface area contributed by atoms with Crippen molar-refractivity contribution in [2.45, 2.75) is 11.3 Å². The number of sulfonamides is 1. The molecular weight excluding hydrogens is 396 g/mol. The van der Waals surface area contributed by atoms with E-state index in [0.717, 1.165) is 20.6 Å². The number of hydrogen-bond donors (Lipinski definition) is 1. The van der Waals surface area contributed by atoms with Gasteiger partial charge >= 0.3 is 0 Å². The largest absolute Gasteiger partial charge is 0.352 e. The number of amides is 1. The van der Waals surface area contributed by atoms with Crippen LogP contribution in [0.4, 0.5) is 0 Å². The lowest BCUT2D eigenvalue weighted by Gasteiger charge is -2.11. The predicted molar refractivity (Wildman–Crippen MR) is 109 cm³/mol. The Morgan fingerprint density at radius 1 is 1.18 bits per heavy atom. The summed E-state index contributed by atoms with van der Waals surface area (Å²) < 4.78 is 25.3. The smallest absolute Gasteiger partial charge is 0.251 e. The van der Waals surface area contributed by atoms with Gasteiger partial charge in [0.05, 0.1) is 10.6 Å². The topological polar surface area (TPSA) is 92.3 Å². The molecule has 0 bridgehead atoms. The number of benzene rings is 1. The Kier molecular flexibility index (Phi) is 6.18. The summed E-state index contributed by atoms with van der Waals surface area (Å²) in [6.07, 6.45) is 4.09. The fraction of sp³-hybridized carbons (Fsp3) is 0.211. The quantitative estimate of drug-likeness (QED) is 0.639. The third-order valence-electron chi connectivity index (χ3n) is 4.02. The molecule has 0 unspecified atom stereocenters. The number of carbonyl (C=O) groups is 1. The molecule has 1 amide bonds. The number of nitrogens with zero attached hydrogens (tertiary/aromatic N) is 3. The van der Waals surface area contributed by atoms with E-state index in [4.69, 9.17) is 0 Å². The van der Waals surface area contributed by atoms with E-state index >= 15 is 0 Å². The Labute approximate surface area is 168 Å². The monoisotopic (exact) mass is 416 g/mol. The van der Waals surface area contributed by atoms with Crippen molar-refractivity contribution in [1.29, 1.82) is 0 Å². The molecule has 0 fully saturated rings. The second-order valence-corrected chi connectivity index (χ2v) is 9.21. The van der Waals surface area contributed by atoms with Gasteiger partial charge in [0, 0.05) is 56.0 Å². The maximum absolute atomic E-state index is 12.3. The Hall–Kier alpha value is -2.62. The molecule has 2 heterocycles. The van der Waals surface area contributed by atoms with Crippen molar-refractivity contribution in [3.8, 4) is 10.6 Å². The van der Waals surface area contributed by atoms with Crippen LogP contribution in [0.25, 0.3) is 10.6 Å². The first kappa shape index (κ1) is 20.1. The van der Waals surface area contributed by atoms with Crippen molar-refractivity contribution < 1.29 is 13.2 Å². The number of nitrogens with one attached hydrogen (secondary N) is 1. The summed E-state index contributed by atoms with van der Waals surface area (Å²) in [5.74, 6) is -0.253. The van der Waals surface area contributed by atoms with Gasteiger partial charge in [0.1, 0.15) is 5.01 Å². The summed E-state index contributed by atoms with van der Waals surface area (Å²) in [5.41, 5.74) is 2.28. The molecular formula is C19H20N4O3S2. The predicted octanol–water partition coefficient (Wildman–Crippen LogP) is 2.43. The molecule has 0 aliphatic carbocycles. The first-order valence-corrected chi connectivity index (χ1v) is 10.9. The van der Waals surface area contributed by atoms with Crippen molar-refractivity contribution in [3.63, 3.8) is 0 Å². The van der Waals surface area contributed by atoms with Crippen LogP contribution in [-0.4, -0.2) is 49.2 Å². The van der Waals surface area contributed by atoms with Gasteiger partial charge < -0.3 is 5.32 Å². The number of pyridine rings is 1. The van der Waals surface area contributed by atoms with Crippen LogP contribution in [0.3, 0.4) is 0 Å². The summed E-state index contributed by atoms with van der Waals surface area (Å²) >= 11 is 1.54. The highest BCUT2D eigenvalue weighted by molar-refractivity contribution is 7.89. The third kappa shape index (κ3) is 4.61. The fourth-order valence-corrected chi connectivity index (χ4v) is 4.19. The van der Waals surface area contributed by atoms with E-state index in [1.807, 2.05) is 17.5 Å². The maximum atomic E-state index is 12.3. The van der Waals surface area contributed by atoms with E-state index in [0.29, 0.717) is 18.5 Å². The Morgan fingerprint density at radius 3 is 2.57 bits per heavy atom. The summed E-state index contributed by atoms with van der Waals surface area (Å²) in [6.45, 7) is 0.437. The van der Waals surface area contributed by atoms with Crippen LogP contribution >= 0.6 is 11.3 Å². The highest BCUT2D eigenvalue weighted by Gasteiger charge is 2.17. The third-order valence-corrected chi connectivity index (χ3v) is 6.79. The second kappa shape index (κ2) is 8.59. The van der Waals surface area contributed by atoms with Gasteiger partial charge in [-0.1, -0.05) is 0 Å². The molecule has 0 saturated carbocycles. The summed E-state index contributed by atoms with van der Waals surface area (Å²) in [5, 5.41) is 5.69. The zero-order chi connectivity index (χ0) is 20.1. The van der Waals surface area contributed by atoms with Crippen molar-refractivity contribution in [2.75, 3.05) is 20.6 Å². The standard InChI is InChI=1S/C19H20N4O3S2/c1-23(2)28(25,26)17-7-5-14(6-8-17)18(24)21-11-9-16-13-27-19(22-16)15-4-3-10-20-12-15/h3-8,10,12-13H,9,11H2,1-2H3,(H,21,24). The van der Waals surface area contributed by atoms with Crippen LogP contribution in [-0.2, 0) is 16.4 Å². The van der Waals surface area contributed by atoms with Crippen LogP contribution < -0.4 is 5.32 Å². The molecule has 0 radical (unpaired) electrons. The molecule has 0 spiro atoms. The van der Waals surface area contributed by atoms with Gasteiger partial charge in [-0.2, -0.15) is 0 Å². The van der Waals surface area contributed by atoms with Crippen LogP contribution in [0.2, 0.25) is 0 Å². The number of hydrogen-bond acceptors (Lipinski definition) is 6. The minimum absolute atomic E-state index is 0.152. The molecule has 9 heteroatoms. The molecule has 0 saturated heterocycles. The van der Waals surface area contributed by atoms with E-state index in [9.17, 15) is 13.2 Å². The molecule has 3 aromatic rings. The van der Waals surface area contributed by atoms with Gasteiger partial charge in [0.25, 0.3) is 5.91 Å².